The van der Waals surface area contributed by atoms with Gasteiger partial charge in [0.05, 0.1) is 18.3 Å². The lowest BCUT2D eigenvalue weighted by Gasteiger charge is -2.11. The molecule has 0 unspecified atom stereocenters. The van der Waals surface area contributed by atoms with Crippen molar-refractivity contribution in [3.63, 3.8) is 0 Å². The summed E-state index contributed by atoms with van der Waals surface area (Å²) in [6, 6.07) is 24.7. The summed E-state index contributed by atoms with van der Waals surface area (Å²) in [6.45, 7) is 0.517. The van der Waals surface area contributed by atoms with Gasteiger partial charge in [-0.15, -0.1) is 0 Å². The molecule has 178 valence electrons. The highest BCUT2D eigenvalue weighted by atomic mass is 16.1. The third-order valence-electron chi connectivity index (χ3n) is 7.22. The van der Waals surface area contributed by atoms with Gasteiger partial charge in [0.25, 0.3) is 5.56 Å². The normalized spacial score (nSPS) is 18.1. The number of aromatic nitrogens is 5. The molecule has 3 aromatic heterocycles. The Morgan fingerprint density at radius 2 is 1.81 bits per heavy atom. The van der Waals surface area contributed by atoms with Gasteiger partial charge in [-0.3, -0.25) is 14.3 Å². The van der Waals surface area contributed by atoms with Gasteiger partial charge in [0.2, 0.25) is 5.95 Å². The van der Waals surface area contributed by atoms with Crippen LogP contribution in [-0.2, 0) is 6.54 Å². The van der Waals surface area contributed by atoms with Gasteiger partial charge >= 0.3 is 0 Å². The van der Waals surface area contributed by atoms with Gasteiger partial charge in [-0.1, -0.05) is 48.5 Å². The van der Waals surface area contributed by atoms with Gasteiger partial charge in [0.1, 0.15) is 11.2 Å². The molecule has 0 radical (unpaired) electrons. The SMILES string of the molecule is O=c1nc2n(c3nn(Cc4ccc(-c5ccccn5)cc4)c(Nc4ccccc4)c13)[C@H]1CCC[C@H]1N2. The summed E-state index contributed by atoms with van der Waals surface area (Å²) in [6.07, 6.45) is 5.11. The minimum Gasteiger partial charge on any atom is -0.351 e. The van der Waals surface area contributed by atoms with Crippen LogP contribution in [0.15, 0.2) is 83.8 Å². The minimum atomic E-state index is -0.265. The molecule has 1 aliphatic carbocycles. The Morgan fingerprint density at radius 1 is 0.972 bits per heavy atom. The molecule has 0 amide bonds. The molecular weight excluding hydrogens is 450 g/mol. The number of hydrogen-bond donors (Lipinski definition) is 2. The lowest BCUT2D eigenvalue weighted by molar-refractivity contribution is 0.539. The molecule has 5 aromatic rings. The molecule has 1 saturated carbocycles. The molecule has 1 aliphatic heterocycles. The Kier molecular flexibility index (Phi) is 4.83. The molecule has 8 nitrogen and oxygen atoms in total. The molecule has 36 heavy (non-hydrogen) atoms. The van der Waals surface area contributed by atoms with Crippen LogP contribution in [0.25, 0.3) is 22.3 Å². The van der Waals surface area contributed by atoms with Crippen LogP contribution in [0.1, 0.15) is 30.9 Å². The van der Waals surface area contributed by atoms with E-state index >= 15 is 0 Å². The minimum absolute atomic E-state index is 0.265. The zero-order valence-electron chi connectivity index (χ0n) is 19.6. The summed E-state index contributed by atoms with van der Waals surface area (Å²) < 4.78 is 4.04. The largest absolute Gasteiger partial charge is 0.351 e. The Morgan fingerprint density at radius 3 is 2.61 bits per heavy atom. The summed E-state index contributed by atoms with van der Waals surface area (Å²) in [5.41, 5.74) is 4.40. The molecule has 2 aliphatic rings. The van der Waals surface area contributed by atoms with Gasteiger partial charge in [0.15, 0.2) is 5.65 Å². The van der Waals surface area contributed by atoms with Crippen LogP contribution in [0, 0.1) is 0 Å². The molecule has 0 bridgehead atoms. The molecule has 8 heteroatoms. The van der Waals surface area contributed by atoms with Gasteiger partial charge in [-0.2, -0.15) is 10.1 Å². The number of hydrogen-bond acceptors (Lipinski definition) is 6. The van der Waals surface area contributed by atoms with Crippen LogP contribution < -0.4 is 16.2 Å². The van der Waals surface area contributed by atoms with Crippen molar-refractivity contribution in [3.8, 4) is 11.3 Å². The first-order valence-corrected chi connectivity index (χ1v) is 12.4. The molecule has 7 rings (SSSR count). The Hall–Kier alpha value is -4.46. The van der Waals surface area contributed by atoms with Crippen molar-refractivity contribution in [2.24, 2.45) is 0 Å². The van der Waals surface area contributed by atoms with Crippen molar-refractivity contribution in [2.75, 3.05) is 10.6 Å². The van der Waals surface area contributed by atoms with Crippen LogP contribution in [0.2, 0.25) is 0 Å². The summed E-state index contributed by atoms with van der Waals surface area (Å²) >= 11 is 0. The van der Waals surface area contributed by atoms with Crippen LogP contribution in [0.5, 0.6) is 0 Å². The number of anilines is 3. The molecule has 0 spiro atoms. The lowest BCUT2D eigenvalue weighted by Crippen LogP contribution is -2.15. The van der Waals surface area contributed by atoms with Crippen molar-refractivity contribution in [2.45, 2.75) is 37.9 Å². The second-order valence-corrected chi connectivity index (χ2v) is 9.47. The highest BCUT2D eigenvalue weighted by molar-refractivity contribution is 5.90. The Balaban J connectivity index is 1.33. The number of pyridine rings is 1. The van der Waals surface area contributed by atoms with Gasteiger partial charge < -0.3 is 10.6 Å². The second-order valence-electron chi connectivity index (χ2n) is 9.47. The standard InChI is InChI=1S/C28H25N7O/c36-27-24-25(30-20-7-2-1-3-8-20)34(17-18-12-14-19(15-13-18)21-9-4-5-16-29-21)33-26(24)35-23-11-6-10-22(23)31-28(35)32-27/h1-5,7-9,12-16,22-23,30H,6,10-11,17H2,(H,31,32,36)/t22-,23+/m1/s1. The number of benzene rings is 2. The second kappa shape index (κ2) is 8.34. The average Bonchev–Trinajstić information content (AvgIpc) is 3.59. The summed E-state index contributed by atoms with van der Waals surface area (Å²) in [4.78, 5) is 22.1. The van der Waals surface area contributed by atoms with E-state index in [1.165, 1.54) is 0 Å². The van der Waals surface area contributed by atoms with E-state index in [1.807, 2.05) is 53.2 Å². The topological polar surface area (TPSA) is 89.7 Å². The number of nitrogens with one attached hydrogen (secondary N) is 2. The first-order chi connectivity index (χ1) is 17.7. The number of rotatable bonds is 5. The van der Waals surface area contributed by atoms with Gasteiger partial charge in [-0.25, -0.2) is 4.68 Å². The fourth-order valence-corrected chi connectivity index (χ4v) is 5.51. The molecule has 4 heterocycles. The third kappa shape index (κ3) is 3.45. The smallest absolute Gasteiger partial charge is 0.287 e. The van der Waals surface area contributed by atoms with Gasteiger partial charge in [0, 0.05) is 23.5 Å². The summed E-state index contributed by atoms with van der Waals surface area (Å²) in [5, 5.41) is 12.4. The van der Waals surface area contributed by atoms with E-state index < -0.39 is 0 Å². The maximum absolute atomic E-state index is 13.3. The lowest BCUT2D eigenvalue weighted by atomic mass is 10.1. The zero-order chi connectivity index (χ0) is 24.1. The van der Waals surface area contributed by atoms with Crippen molar-refractivity contribution in [1.82, 2.24) is 24.3 Å². The van der Waals surface area contributed by atoms with E-state index in [9.17, 15) is 4.79 Å². The third-order valence-corrected chi connectivity index (χ3v) is 7.22. The molecular formula is C28H25N7O. The number of nitrogens with zero attached hydrogens (tertiary/aromatic N) is 5. The van der Waals surface area contributed by atoms with Crippen molar-refractivity contribution < 1.29 is 0 Å². The first kappa shape index (κ1) is 20.9. The summed E-state index contributed by atoms with van der Waals surface area (Å²) in [7, 11) is 0. The number of fused-ring (bicyclic) bond motifs is 5. The maximum Gasteiger partial charge on any atom is 0.287 e. The highest BCUT2D eigenvalue weighted by Crippen LogP contribution is 2.41. The molecule has 2 aromatic carbocycles. The van der Waals surface area contributed by atoms with E-state index in [1.54, 1.807) is 6.20 Å². The van der Waals surface area contributed by atoms with Crippen LogP contribution in [0.4, 0.5) is 17.5 Å². The van der Waals surface area contributed by atoms with E-state index in [0.29, 0.717) is 35.4 Å². The fraction of sp³-hybridized carbons (Fsp3) is 0.214. The monoisotopic (exact) mass is 475 g/mol. The van der Waals surface area contributed by atoms with Crippen molar-refractivity contribution in [1.29, 1.82) is 0 Å². The van der Waals surface area contributed by atoms with E-state index in [2.05, 4.69) is 49.4 Å². The van der Waals surface area contributed by atoms with Crippen LogP contribution in [-0.4, -0.2) is 30.4 Å². The first-order valence-electron chi connectivity index (χ1n) is 12.4. The molecule has 2 atom stereocenters. The Labute approximate surface area is 207 Å². The molecule has 1 fully saturated rings. The molecule has 2 N–H and O–H groups in total. The fourth-order valence-electron chi connectivity index (χ4n) is 5.51. The predicted octanol–water partition coefficient (Wildman–Crippen LogP) is 4.97. The van der Waals surface area contributed by atoms with E-state index in [-0.39, 0.29) is 11.6 Å². The quantitative estimate of drug-likeness (QED) is 0.373. The van der Waals surface area contributed by atoms with E-state index in [4.69, 9.17) is 5.10 Å². The van der Waals surface area contributed by atoms with E-state index in [0.717, 1.165) is 41.8 Å². The molecule has 0 saturated heterocycles. The van der Waals surface area contributed by atoms with Crippen LogP contribution >= 0.6 is 0 Å². The summed E-state index contributed by atoms with van der Waals surface area (Å²) in [5.74, 6) is 1.30. The van der Waals surface area contributed by atoms with Crippen molar-refractivity contribution >= 4 is 28.5 Å². The number of para-hydroxylation sites is 1. The maximum atomic E-state index is 13.3. The Bertz CT molecular complexity index is 1610. The van der Waals surface area contributed by atoms with Crippen molar-refractivity contribution in [3.05, 3.63) is 94.9 Å². The van der Waals surface area contributed by atoms with Crippen LogP contribution in [0.3, 0.4) is 0 Å². The zero-order valence-corrected chi connectivity index (χ0v) is 19.6. The highest BCUT2D eigenvalue weighted by Gasteiger charge is 2.38. The van der Waals surface area contributed by atoms with Gasteiger partial charge in [-0.05, 0) is 49.1 Å². The predicted molar refractivity (Wildman–Crippen MR) is 141 cm³/mol. The average molecular weight is 476 g/mol.